The average molecular weight is 979 g/mol. The van der Waals surface area contributed by atoms with Crippen LogP contribution in [0, 0.1) is 38.0 Å². The minimum absolute atomic E-state index is 0.147. The monoisotopic (exact) mass is 979 g/mol. The standard InChI is InChI=1S/C15H21N3S.C14H21N3O2.C14H23N3.C10H13N3O2/c1-13(2)11-17-7-9-18(10-8-17)15-5-3-14(4-6-15)16-12-19;1-12(2)11-15-7-9-16(10-8-15)13-3-5-14(6-4-13)17(18)19;1-12(2)11-16-7-9-17(10-8-16)14-5-3-13(15)4-6-14;14-13(15)10-3-1-9(2-4-10)12-7-5-11-6-8-12/h3-6,13H,7-11H2,1-2H3;3-6,12H,7-11H2,1-2H3;3-6,12H,7-11,15H2,1-2H3;1-4,11H,5-8H2. The van der Waals surface area contributed by atoms with E-state index in [1.165, 1.54) is 37.6 Å². The van der Waals surface area contributed by atoms with Crippen LogP contribution in [0.25, 0.3) is 0 Å². The molecule has 17 heteroatoms. The van der Waals surface area contributed by atoms with E-state index < -0.39 is 0 Å². The Labute approximate surface area is 422 Å². The molecule has 0 bridgehead atoms. The maximum Gasteiger partial charge on any atom is 0.269 e. The highest BCUT2D eigenvalue weighted by atomic mass is 32.1. The Bertz CT molecular complexity index is 2110. The highest BCUT2D eigenvalue weighted by molar-refractivity contribution is 7.78. The number of nitrogen functional groups attached to an aromatic ring is 1. The van der Waals surface area contributed by atoms with Crippen molar-refractivity contribution in [2.24, 2.45) is 22.7 Å². The molecule has 70 heavy (non-hydrogen) atoms. The third-order valence-corrected chi connectivity index (χ3v) is 12.7. The number of nitrogens with two attached hydrogens (primary N) is 1. The van der Waals surface area contributed by atoms with Crippen LogP contribution in [0.1, 0.15) is 41.5 Å². The zero-order valence-electron chi connectivity index (χ0n) is 42.5. The number of nitrogens with one attached hydrogen (secondary N) is 1. The predicted molar refractivity (Wildman–Crippen MR) is 294 cm³/mol. The van der Waals surface area contributed by atoms with Crippen LogP contribution < -0.4 is 30.7 Å². The maximum absolute atomic E-state index is 10.6. The first-order valence-electron chi connectivity index (χ1n) is 25.1. The van der Waals surface area contributed by atoms with Gasteiger partial charge in [0, 0.05) is 177 Å². The number of nitro groups is 2. The van der Waals surface area contributed by atoms with Gasteiger partial charge in [-0.05, 0) is 103 Å². The van der Waals surface area contributed by atoms with E-state index in [4.69, 9.17) is 5.73 Å². The number of non-ortho nitro benzene ring substituents is 2. The minimum Gasteiger partial charge on any atom is -0.399 e. The lowest BCUT2D eigenvalue weighted by Crippen LogP contribution is -2.47. The molecule has 4 aliphatic rings. The van der Waals surface area contributed by atoms with Gasteiger partial charge in [0.25, 0.3) is 11.4 Å². The lowest BCUT2D eigenvalue weighted by molar-refractivity contribution is -0.385. The summed E-state index contributed by atoms with van der Waals surface area (Å²) in [6, 6.07) is 30.0. The van der Waals surface area contributed by atoms with Crippen LogP contribution in [-0.4, -0.2) is 154 Å². The molecule has 0 atom stereocenters. The maximum atomic E-state index is 10.6. The van der Waals surface area contributed by atoms with E-state index in [-0.39, 0.29) is 21.2 Å². The molecular formula is C53H78N12O4S. The van der Waals surface area contributed by atoms with E-state index in [2.05, 4.69) is 128 Å². The Kier molecular flexibility index (Phi) is 22.8. The molecule has 0 spiro atoms. The summed E-state index contributed by atoms with van der Waals surface area (Å²) in [7, 11) is 0. The van der Waals surface area contributed by atoms with Crippen LogP contribution in [0.3, 0.4) is 0 Å². The molecule has 0 unspecified atom stereocenters. The molecule has 4 saturated heterocycles. The third kappa shape index (κ3) is 18.9. The molecule has 16 nitrogen and oxygen atoms in total. The molecule has 0 radical (unpaired) electrons. The Morgan fingerprint density at radius 1 is 0.500 bits per heavy atom. The molecule has 0 aliphatic carbocycles. The van der Waals surface area contributed by atoms with Crippen LogP contribution in [0.5, 0.6) is 0 Å². The van der Waals surface area contributed by atoms with Crippen molar-refractivity contribution in [2.45, 2.75) is 41.5 Å². The molecule has 8 rings (SSSR count). The zero-order valence-corrected chi connectivity index (χ0v) is 43.3. The highest BCUT2D eigenvalue weighted by Gasteiger charge is 2.21. The second kappa shape index (κ2) is 28.9. The number of hydrogen-bond acceptors (Lipinski definition) is 15. The Morgan fingerprint density at radius 2 is 0.786 bits per heavy atom. The van der Waals surface area contributed by atoms with Crippen molar-refractivity contribution in [1.82, 2.24) is 20.0 Å². The van der Waals surface area contributed by atoms with Gasteiger partial charge in [-0.1, -0.05) is 41.5 Å². The van der Waals surface area contributed by atoms with Gasteiger partial charge in [-0.25, -0.2) is 0 Å². The average Bonchev–Trinajstić information content (AvgIpc) is 3.36. The van der Waals surface area contributed by atoms with Gasteiger partial charge in [0.1, 0.15) is 0 Å². The summed E-state index contributed by atoms with van der Waals surface area (Å²) < 4.78 is 0. The van der Waals surface area contributed by atoms with E-state index >= 15 is 0 Å². The molecule has 0 saturated carbocycles. The van der Waals surface area contributed by atoms with Gasteiger partial charge in [0.2, 0.25) is 0 Å². The summed E-state index contributed by atoms with van der Waals surface area (Å²) in [4.78, 5) is 41.3. The molecule has 3 N–H and O–H groups in total. The molecule has 4 aromatic rings. The molecule has 4 aromatic carbocycles. The number of thiocarbonyl (C=S) groups is 1. The number of isothiocyanates is 1. The number of rotatable bonds is 13. The largest absolute Gasteiger partial charge is 0.399 e. The van der Waals surface area contributed by atoms with Gasteiger partial charge in [-0.3, -0.25) is 34.9 Å². The second-order valence-corrected chi connectivity index (χ2v) is 19.8. The predicted octanol–water partition coefficient (Wildman–Crippen LogP) is 8.62. The number of nitro benzene ring substituents is 2. The summed E-state index contributed by atoms with van der Waals surface area (Å²) in [5, 5.41) is 26.7. The van der Waals surface area contributed by atoms with Crippen LogP contribution in [0.2, 0.25) is 0 Å². The van der Waals surface area contributed by atoms with Gasteiger partial charge in [-0.2, -0.15) is 4.99 Å². The van der Waals surface area contributed by atoms with E-state index in [9.17, 15) is 20.2 Å². The van der Waals surface area contributed by atoms with Crippen molar-refractivity contribution in [3.8, 4) is 0 Å². The molecule has 0 aromatic heterocycles. The smallest absolute Gasteiger partial charge is 0.269 e. The normalized spacial score (nSPS) is 16.9. The van der Waals surface area contributed by atoms with Crippen LogP contribution >= 0.6 is 12.2 Å². The van der Waals surface area contributed by atoms with Crippen LogP contribution in [0.15, 0.2) is 102 Å². The van der Waals surface area contributed by atoms with Gasteiger partial charge in [-0.15, -0.1) is 0 Å². The number of nitrogens with zero attached hydrogens (tertiary/aromatic N) is 10. The number of piperazine rings is 4. The van der Waals surface area contributed by atoms with Crippen molar-refractivity contribution in [3.63, 3.8) is 0 Å². The summed E-state index contributed by atoms with van der Waals surface area (Å²) in [5.41, 5.74) is 12.4. The van der Waals surface area contributed by atoms with Gasteiger partial charge in [0.15, 0.2) is 0 Å². The molecule has 0 amide bonds. The summed E-state index contributed by atoms with van der Waals surface area (Å²) in [5.74, 6) is 2.21. The van der Waals surface area contributed by atoms with Crippen molar-refractivity contribution in [1.29, 1.82) is 0 Å². The molecule has 4 aliphatic heterocycles. The first kappa shape index (κ1) is 55.2. The van der Waals surface area contributed by atoms with Crippen molar-refractivity contribution in [2.75, 3.05) is 150 Å². The fourth-order valence-electron chi connectivity index (χ4n) is 9.08. The van der Waals surface area contributed by atoms with E-state index in [1.54, 1.807) is 24.3 Å². The summed E-state index contributed by atoms with van der Waals surface area (Å²) in [6.45, 7) is 34.2. The Morgan fingerprint density at radius 3 is 1.07 bits per heavy atom. The van der Waals surface area contributed by atoms with Gasteiger partial charge < -0.3 is 30.7 Å². The molecular weight excluding hydrogens is 901 g/mol. The first-order chi connectivity index (χ1) is 33.7. The number of aliphatic imine (C=N–C) groups is 1. The quantitative estimate of drug-likeness (QED) is 0.0431. The summed E-state index contributed by atoms with van der Waals surface area (Å²) >= 11 is 4.61. The molecule has 4 heterocycles. The van der Waals surface area contributed by atoms with E-state index in [0.717, 1.165) is 133 Å². The molecule has 4 fully saturated rings. The SMILES string of the molecule is CC(C)CN1CCN(c2ccc(N)cc2)CC1.CC(C)CN1CCN(c2ccc(N=C=S)cc2)CC1.CC(C)CN1CCN(c2ccc([N+](=O)[O-])cc2)CC1.O=[N+]([O-])c1ccc(N2CCNCC2)cc1. The van der Waals surface area contributed by atoms with E-state index in [1.807, 2.05) is 48.5 Å². The summed E-state index contributed by atoms with van der Waals surface area (Å²) in [6.07, 6.45) is 0. The lowest BCUT2D eigenvalue weighted by atomic mass is 10.2. The van der Waals surface area contributed by atoms with Gasteiger partial charge in [0.05, 0.1) is 20.7 Å². The van der Waals surface area contributed by atoms with E-state index in [0.29, 0.717) is 5.92 Å². The van der Waals surface area contributed by atoms with Gasteiger partial charge >= 0.3 is 0 Å². The number of anilines is 5. The first-order valence-corrected chi connectivity index (χ1v) is 25.5. The third-order valence-electron chi connectivity index (χ3n) is 12.6. The fourth-order valence-corrected chi connectivity index (χ4v) is 9.19. The Balaban J connectivity index is 0.000000174. The highest BCUT2D eigenvalue weighted by Crippen LogP contribution is 2.24. The second-order valence-electron chi connectivity index (χ2n) is 19.6. The number of benzene rings is 4. The minimum atomic E-state index is -0.373. The zero-order chi connectivity index (χ0) is 50.4. The Hall–Kier alpha value is -5.68. The van der Waals surface area contributed by atoms with Crippen molar-refractivity contribution < 1.29 is 9.85 Å². The van der Waals surface area contributed by atoms with Crippen LogP contribution in [0.4, 0.5) is 45.5 Å². The van der Waals surface area contributed by atoms with Crippen molar-refractivity contribution >= 4 is 62.9 Å². The lowest BCUT2D eigenvalue weighted by Gasteiger charge is -2.36. The van der Waals surface area contributed by atoms with Crippen LogP contribution in [-0.2, 0) is 0 Å². The fraction of sp³-hybridized carbons (Fsp3) is 0.528. The topological polar surface area (TPSA) is 159 Å². The number of hydrogen-bond donors (Lipinski definition) is 2. The van der Waals surface area contributed by atoms with Crippen molar-refractivity contribution in [3.05, 3.63) is 117 Å². The molecule has 380 valence electrons.